The van der Waals surface area contributed by atoms with Gasteiger partial charge in [0.15, 0.2) is 0 Å². The third-order valence-corrected chi connectivity index (χ3v) is 4.57. The van der Waals surface area contributed by atoms with Crippen molar-refractivity contribution in [2.75, 3.05) is 0 Å². The minimum absolute atomic E-state index is 0.850. The minimum atomic E-state index is 0.850. The average Bonchev–Trinajstić information content (AvgIpc) is 2.97. The first-order chi connectivity index (χ1) is 10.8. The Morgan fingerprint density at radius 2 is 1.82 bits per heavy atom. The molecule has 1 aliphatic carbocycles. The first-order valence-corrected chi connectivity index (χ1v) is 8.26. The molecule has 0 spiro atoms. The van der Waals surface area contributed by atoms with Crippen LogP contribution in [-0.4, -0.2) is 10.9 Å². The van der Waals surface area contributed by atoms with Crippen molar-refractivity contribution in [1.82, 2.24) is 0 Å². The maximum Gasteiger partial charge on any atom is 0.0876 e. The molecule has 0 unspecified atom stereocenters. The summed E-state index contributed by atoms with van der Waals surface area (Å²) < 4.78 is 0. The number of fused-ring (bicyclic) bond motifs is 1. The molecule has 0 saturated carbocycles. The fourth-order valence-electron chi connectivity index (χ4n) is 3.45. The molecule has 2 aromatic carbocycles. The van der Waals surface area contributed by atoms with E-state index in [1.54, 1.807) is 0 Å². The highest BCUT2D eigenvalue weighted by Gasteiger charge is 2.23. The van der Waals surface area contributed by atoms with Gasteiger partial charge in [-0.3, -0.25) is 0 Å². The highest BCUT2D eigenvalue weighted by atomic mass is 16.4. The second kappa shape index (κ2) is 6.78. The lowest BCUT2D eigenvalue weighted by molar-refractivity contribution is 0.319. The standard InChI is InChI=1S/C20H23NO/c1-2-3-4-9-16-13-14-19(21-22)20(16)18-12-7-10-15-8-5-6-11-17(15)18/h5-8,10-12,22H,2-4,9,13-14H2,1H3. The first kappa shape index (κ1) is 14.8. The molecular weight excluding hydrogens is 270 g/mol. The molecule has 0 radical (unpaired) electrons. The molecule has 0 heterocycles. The zero-order valence-electron chi connectivity index (χ0n) is 13.2. The van der Waals surface area contributed by atoms with Gasteiger partial charge in [0.25, 0.3) is 0 Å². The Hall–Kier alpha value is -2.09. The van der Waals surface area contributed by atoms with E-state index in [4.69, 9.17) is 0 Å². The van der Waals surface area contributed by atoms with Crippen LogP contribution in [0, 0.1) is 0 Å². The van der Waals surface area contributed by atoms with Crippen molar-refractivity contribution >= 4 is 22.1 Å². The van der Waals surface area contributed by atoms with Gasteiger partial charge in [0.2, 0.25) is 0 Å². The van der Waals surface area contributed by atoms with Gasteiger partial charge in [-0.1, -0.05) is 73.0 Å². The van der Waals surface area contributed by atoms with Crippen molar-refractivity contribution in [1.29, 1.82) is 0 Å². The van der Waals surface area contributed by atoms with Crippen molar-refractivity contribution in [3.63, 3.8) is 0 Å². The van der Waals surface area contributed by atoms with Gasteiger partial charge in [-0.05, 0) is 42.0 Å². The zero-order valence-corrected chi connectivity index (χ0v) is 13.2. The Morgan fingerprint density at radius 3 is 2.64 bits per heavy atom. The Kier molecular flexibility index (Phi) is 4.57. The Morgan fingerprint density at radius 1 is 1.00 bits per heavy atom. The summed E-state index contributed by atoms with van der Waals surface area (Å²) >= 11 is 0. The summed E-state index contributed by atoms with van der Waals surface area (Å²) in [5, 5.41) is 15.5. The third kappa shape index (κ3) is 2.78. The van der Waals surface area contributed by atoms with Gasteiger partial charge in [-0.2, -0.15) is 0 Å². The van der Waals surface area contributed by atoms with Crippen LogP contribution in [0.4, 0.5) is 0 Å². The summed E-state index contributed by atoms with van der Waals surface area (Å²) in [6.45, 7) is 2.23. The van der Waals surface area contributed by atoms with Gasteiger partial charge in [-0.25, -0.2) is 0 Å². The second-order valence-electron chi connectivity index (χ2n) is 6.01. The highest BCUT2D eigenvalue weighted by Crippen LogP contribution is 2.37. The van der Waals surface area contributed by atoms with Crippen LogP contribution in [0.25, 0.3) is 16.3 Å². The summed E-state index contributed by atoms with van der Waals surface area (Å²) in [4.78, 5) is 0. The summed E-state index contributed by atoms with van der Waals surface area (Å²) in [6.07, 6.45) is 6.72. The summed E-state index contributed by atoms with van der Waals surface area (Å²) in [7, 11) is 0. The fourth-order valence-corrected chi connectivity index (χ4v) is 3.45. The van der Waals surface area contributed by atoms with Crippen LogP contribution in [0.15, 0.2) is 53.2 Å². The lowest BCUT2D eigenvalue weighted by atomic mass is 9.93. The van der Waals surface area contributed by atoms with E-state index in [-0.39, 0.29) is 0 Å². The fraction of sp³-hybridized carbons (Fsp3) is 0.350. The molecule has 2 heteroatoms. The third-order valence-electron chi connectivity index (χ3n) is 4.57. The van der Waals surface area contributed by atoms with Crippen molar-refractivity contribution in [2.45, 2.75) is 45.4 Å². The lowest BCUT2D eigenvalue weighted by Crippen LogP contribution is -1.98. The van der Waals surface area contributed by atoms with Crippen molar-refractivity contribution in [2.24, 2.45) is 5.16 Å². The monoisotopic (exact) mass is 293 g/mol. The molecule has 0 bridgehead atoms. The minimum Gasteiger partial charge on any atom is -0.411 e. The quantitative estimate of drug-likeness (QED) is 0.422. The molecular formula is C20H23NO. The van der Waals surface area contributed by atoms with E-state index < -0.39 is 0 Å². The van der Waals surface area contributed by atoms with Gasteiger partial charge in [0, 0.05) is 5.57 Å². The molecule has 0 fully saturated rings. The molecule has 0 saturated heterocycles. The summed E-state index contributed by atoms with van der Waals surface area (Å²) in [5.74, 6) is 0. The smallest absolute Gasteiger partial charge is 0.0876 e. The van der Waals surface area contributed by atoms with Gasteiger partial charge in [0.1, 0.15) is 0 Å². The van der Waals surface area contributed by atoms with Crippen LogP contribution in [0.5, 0.6) is 0 Å². The van der Waals surface area contributed by atoms with Crippen LogP contribution in [0.2, 0.25) is 0 Å². The molecule has 3 rings (SSSR count). The van der Waals surface area contributed by atoms with E-state index in [2.05, 4.69) is 54.5 Å². The lowest BCUT2D eigenvalue weighted by Gasteiger charge is -2.11. The Balaban J connectivity index is 2.09. The maximum absolute atomic E-state index is 9.41. The SMILES string of the molecule is CCCCCC1=C(c2cccc3ccccc23)C(=NO)CC1. The molecule has 0 aliphatic heterocycles. The van der Waals surface area contributed by atoms with E-state index in [0.717, 1.165) is 25.0 Å². The second-order valence-corrected chi connectivity index (χ2v) is 6.01. The number of benzene rings is 2. The summed E-state index contributed by atoms with van der Waals surface area (Å²) in [5.41, 5.74) is 4.71. The normalized spacial score (nSPS) is 16.9. The van der Waals surface area contributed by atoms with Crippen LogP contribution in [0.3, 0.4) is 0 Å². The molecule has 2 nitrogen and oxygen atoms in total. The Bertz CT molecular complexity index is 722. The van der Waals surface area contributed by atoms with Gasteiger partial charge in [0.05, 0.1) is 5.71 Å². The van der Waals surface area contributed by atoms with E-state index in [1.807, 2.05) is 0 Å². The molecule has 0 amide bonds. The molecule has 1 aliphatic rings. The number of unbranched alkanes of at least 4 members (excludes halogenated alkanes) is 2. The number of hydrogen-bond donors (Lipinski definition) is 1. The van der Waals surface area contributed by atoms with Gasteiger partial charge in [-0.15, -0.1) is 0 Å². The molecule has 0 atom stereocenters. The van der Waals surface area contributed by atoms with E-state index in [0.29, 0.717) is 0 Å². The first-order valence-electron chi connectivity index (χ1n) is 8.26. The van der Waals surface area contributed by atoms with Gasteiger partial charge < -0.3 is 5.21 Å². The van der Waals surface area contributed by atoms with E-state index >= 15 is 0 Å². The molecule has 1 N–H and O–H groups in total. The average molecular weight is 293 g/mol. The molecule has 0 aromatic heterocycles. The Labute approximate surface area is 132 Å². The number of nitrogens with zero attached hydrogens (tertiary/aromatic N) is 1. The van der Waals surface area contributed by atoms with E-state index in [1.165, 1.54) is 46.7 Å². The van der Waals surface area contributed by atoms with Gasteiger partial charge >= 0.3 is 0 Å². The predicted octanol–water partition coefficient (Wildman–Crippen LogP) is 5.80. The van der Waals surface area contributed by atoms with E-state index in [9.17, 15) is 5.21 Å². The molecule has 114 valence electrons. The molecule has 2 aromatic rings. The highest BCUT2D eigenvalue weighted by molar-refractivity contribution is 6.28. The van der Waals surface area contributed by atoms with Crippen molar-refractivity contribution in [3.05, 3.63) is 53.6 Å². The number of rotatable bonds is 5. The molecule has 22 heavy (non-hydrogen) atoms. The predicted molar refractivity (Wildman–Crippen MR) is 93.5 cm³/mol. The van der Waals surface area contributed by atoms with Crippen LogP contribution < -0.4 is 0 Å². The van der Waals surface area contributed by atoms with Crippen molar-refractivity contribution < 1.29 is 5.21 Å². The number of allylic oxidation sites excluding steroid dienone is 2. The summed E-state index contributed by atoms with van der Waals surface area (Å²) in [6, 6.07) is 14.8. The van der Waals surface area contributed by atoms with Crippen LogP contribution in [0.1, 0.15) is 51.0 Å². The zero-order chi connectivity index (χ0) is 15.4. The maximum atomic E-state index is 9.41. The van der Waals surface area contributed by atoms with Crippen LogP contribution >= 0.6 is 0 Å². The number of hydrogen-bond acceptors (Lipinski definition) is 2. The largest absolute Gasteiger partial charge is 0.411 e. The van der Waals surface area contributed by atoms with Crippen LogP contribution in [-0.2, 0) is 0 Å². The van der Waals surface area contributed by atoms with Crippen molar-refractivity contribution in [3.8, 4) is 0 Å². The topological polar surface area (TPSA) is 32.6 Å². The number of oxime groups is 1.